The molecule has 168 valence electrons. The zero-order chi connectivity index (χ0) is 22.9. The molecule has 2 aliphatic heterocycles. The molecule has 3 heterocycles. The summed E-state index contributed by atoms with van der Waals surface area (Å²) < 4.78 is 6.01. The molecule has 1 saturated heterocycles. The molecular formula is C26H26N4O3. The molecule has 2 amide bonds. The van der Waals surface area contributed by atoms with Crippen LogP contribution in [-0.4, -0.2) is 46.9 Å². The van der Waals surface area contributed by atoms with Gasteiger partial charge in [-0.3, -0.25) is 9.59 Å². The fourth-order valence-electron chi connectivity index (χ4n) is 4.48. The third-order valence-electron chi connectivity index (χ3n) is 5.99. The number of amides is 2. The lowest BCUT2D eigenvalue weighted by Crippen LogP contribution is -2.55. The Hall–Kier alpha value is -3.71. The van der Waals surface area contributed by atoms with Gasteiger partial charge >= 0.3 is 0 Å². The molecule has 33 heavy (non-hydrogen) atoms. The second-order valence-electron chi connectivity index (χ2n) is 8.72. The quantitative estimate of drug-likeness (QED) is 0.647. The third-order valence-corrected chi connectivity index (χ3v) is 5.99. The first kappa shape index (κ1) is 21.2. The maximum Gasteiger partial charge on any atom is 0.271 e. The van der Waals surface area contributed by atoms with Crippen LogP contribution in [0.2, 0.25) is 0 Å². The van der Waals surface area contributed by atoms with Crippen molar-refractivity contribution in [2.45, 2.75) is 32.0 Å². The Morgan fingerprint density at radius 3 is 2.39 bits per heavy atom. The Bertz CT molecular complexity index is 1170. The number of fused-ring (bicyclic) bond motifs is 1. The first-order chi connectivity index (χ1) is 16.0. The molecule has 0 saturated carbocycles. The molecule has 0 bridgehead atoms. The number of hydrogen-bond acceptors (Lipinski definition) is 5. The highest BCUT2D eigenvalue weighted by atomic mass is 16.5. The van der Waals surface area contributed by atoms with Crippen LogP contribution in [0, 0.1) is 0 Å². The fourth-order valence-corrected chi connectivity index (χ4v) is 4.48. The lowest BCUT2D eigenvalue weighted by Gasteiger charge is -2.36. The van der Waals surface area contributed by atoms with Crippen LogP contribution in [0.4, 0.5) is 5.82 Å². The van der Waals surface area contributed by atoms with Gasteiger partial charge in [0.1, 0.15) is 0 Å². The summed E-state index contributed by atoms with van der Waals surface area (Å²) in [6.07, 6.45) is 0.974. The number of anilines is 1. The molecule has 3 atom stereocenters. The van der Waals surface area contributed by atoms with Gasteiger partial charge in [-0.1, -0.05) is 42.5 Å². The van der Waals surface area contributed by atoms with Crippen molar-refractivity contribution in [1.29, 1.82) is 0 Å². The number of rotatable bonds is 3. The smallest absolute Gasteiger partial charge is 0.271 e. The van der Waals surface area contributed by atoms with Gasteiger partial charge in [-0.2, -0.15) is 0 Å². The van der Waals surface area contributed by atoms with Gasteiger partial charge < -0.3 is 20.3 Å². The van der Waals surface area contributed by atoms with Crippen molar-refractivity contribution in [3.63, 3.8) is 0 Å². The largest absolute Gasteiger partial charge is 0.472 e. The van der Waals surface area contributed by atoms with Crippen molar-refractivity contribution in [2.75, 3.05) is 18.4 Å². The maximum atomic E-state index is 13.0. The van der Waals surface area contributed by atoms with E-state index in [0.717, 1.165) is 16.7 Å². The number of ether oxygens (including phenoxy) is 1. The highest BCUT2D eigenvalue weighted by Gasteiger charge is 2.30. The van der Waals surface area contributed by atoms with E-state index in [4.69, 9.17) is 4.74 Å². The molecule has 2 aliphatic rings. The zero-order valence-electron chi connectivity index (χ0n) is 18.6. The number of nitrogens with one attached hydrogen (secondary N) is 2. The SMILES string of the molecule is C[C@@H]1CN(C(=O)c2ccc(-c3cnc4c(c3)OC(c3ccccc3)C(=O)N4)cc2)C[C@H](C)N1. The van der Waals surface area contributed by atoms with Crippen LogP contribution >= 0.6 is 0 Å². The third kappa shape index (κ3) is 4.32. The number of benzene rings is 2. The van der Waals surface area contributed by atoms with Crippen LogP contribution in [0.15, 0.2) is 66.9 Å². The normalized spacial score (nSPS) is 22.2. The van der Waals surface area contributed by atoms with Gasteiger partial charge in [-0.15, -0.1) is 0 Å². The summed E-state index contributed by atoms with van der Waals surface area (Å²) in [5.74, 6) is 0.727. The van der Waals surface area contributed by atoms with Crippen LogP contribution in [0.1, 0.15) is 35.9 Å². The number of carbonyl (C=O) groups excluding carboxylic acids is 2. The lowest BCUT2D eigenvalue weighted by atomic mass is 10.0. The first-order valence-electron chi connectivity index (χ1n) is 11.2. The van der Waals surface area contributed by atoms with Gasteiger partial charge in [0.2, 0.25) is 6.10 Å². The monoisotopic (exact) mass is 442 g/mol. The van der Waals surface area contributed by atoms with Gasteiger partial charge in [0.25, 0.3) is 11.8 Å². The van der Waals surface area contributed by atoms with Crippen LogP contribution in [0.5, 0.6) is 5.75 Å². The van der Waals surface area contributed by atoms with Crippen molar-refractivity contribution < 1.29 is 14.3 Å². The highest BCUT2D eigenvalue weighted by Crippen LogP contribution is 2.36. The lowest BCUT2D eigenvalue weighted by molar-refractivity contribution is -0.123. The summed E-state index contributed by atoms with van der Waals surface area (Å²) in [4.78, 5) is 31.7. The van der Waals surface area contributed by atoms with Gasteiger partial charge in [0.05, 0.1) is 0 Å². The summed E-state index contributed by atoms with van der Waals surface area (Å²) in [5, 5.41) is 6.27. The van der Waals surface area contributed by atoms with Gasteiger partial charge in [-0.25, -0.2) is 4.98 Å². The summed E-state index contributed by atoms with van der Waals surface area (Å²) >= 11 is 0. The molecule has 0 aliphatic carbocycles. The molecule has 0 radical (unpaired) electrons. The standard InChI is InChI=1S/C26H26N4O3/c1-16-14-30(15-17(2)28-16)26(32)20-10-8-18(9-11-20)21-12-22-24(27-13-21)29-25(31)23(33-22)19-6-4-3-5-7-19/h3-13,16-17,23,28H,14-15H2,1-2H3,(H,27,29,31)/t16-,17+,23?. The number of carbonyl (C=O) groups is 2. The Morgan fingerprint density at radius 1 is 1.00 bits per heavy atom. The van der Waals surface area contributed by atoms with Crippen LogP contribution in [-0.2, 0) is 4.79 Å². The van der Waals surface area contributed by atoms with Crippen LogP contribution in [0.25, 0.3) is 11.1 Å². The summed E-state index contributed by atoms with van der Waals surface area (Å²) in [6, 6.07) is 19.3. The topological polar surface area (TPSA) is 83.6 Å². The number of hydrogen-bond donors (Lipinski definition) is 2. The van der Waals surface area contributed by atoms with Crippen molar-refractivity contribution in [2.24, 2.45) is 0 Å². The fraction of sp³-hybridized carbons (Fsp3) is 0.269. The van der Waals surface area contributed by atoms with E-state index in [-0.39, 0.29) is 23.9 Å². The minimum Gasteiger partial charge on any atom is -0.472 e. The van der Waals surface area contributed by atoms with Gasteiger partial charge in [-0.05, 0) is 37.6 Å². The van der Waals surface area contributed by atoms with E-state index in [2.05, 4.69) is 29.5 Å². The number of nitrogens with zero attached hydrogens (tertiary/aromatic N) is 2. The minimum atomic E-state index is -0.723. The predicted octanol–water partition coefficient (Wildman–Crippen LogP) is 3.64. The molecule has 2 N–H and O–H groups in total. The second-order valence-corrected chi connectivity index (χ2v) is 8.72. The van der Waals surface area contributed by atoms with Crippen LogP contribution < -0.4 is 15.4 Å². The van der Waals surface area contributed by atoms with Crippen molar-refractivity contribution in [3.05, 3.63) is 78.0 Å². The number of aromatic nitrogens is 1. The molecule has 0 spiro atoms. The van der Waals surface area contributed by atoms with E-state index >= 15 is 0 Å². The van der Waals surface area contributed by atoms with E-state index in [1.807, 2.05) is 65.6 Å². The Balaban J connectivity index is 1.36. The van der Waals surface area contributed by atoms with Gasteiger partial charge in [0.15, 0.2) is 11.6 Å². The van der Waals surface area contributed by atoms with Crippen LogP contribution in [0.3, 0.4) is 0 Å². The van der Waals surface area contributed by atoms with Crippen molar-refractivity contribution in [3.8, 4) is 16.9 Å². The summed E-state index contributed by atoms with van der Waals surface area (Å²) in [7, 11) is 0. The van der Waals surface area contributed by atoms with E-state index in [1.165, 1.54) is 0 Å². The molecule has 7 heteroatoms. The highest BCUT2D eigenvalue weighted by molar-refractivity contribution is 5.98. The molecule has 7 nitrogen and oxygen atoms in total. The molecule has 1 fully saturated rings. The molecular weight excluding hydrogens is 416 g/mol. The molecule has 5 rings (SSSR count). The van der Waals surface area contributed by atoms with Gasteiger partial charge in [0, 0.05) is 48.1 Å². The summed E-state index contributed by atoms with van der Waals surface area (Å²) in [6.45, 7) is 5.58. The molecule has 2 aromatic carbocycles. The minimum absolute atomic E-state index is 0.0436. The van der Waals surface area contributed by atoms with E-state index in [9.17, 15) is 9.59 Å². The molecule has 3 aromatic rings. The van der Waals surface area contributed by atoms with E-state index < -0.39 is 6.10 Å². The first-order valence-corrected chi connectivity index (χ1v) is 11.2. The van der Waals surface area contributed by atoms with E-state index in [0.29, 0.717) is 30.2 Å². The summed E-state index contributed by atoms with van der Waals surface area (Å²) in [5.41, 5.74) is 3.21. The van der Waals surface area contributed by atoms with Crippen molar-refractivity contribution in [1.82, 2.24) is 15.2 Å². The Kier molecular flexibility index (Phi) is 5.56. The Morgan fingerprint density at radius 2 is 1.70 bits per heavy atom. The number of pyridine rings is 1. The molecule has 1 unspecified atom stereocenters. The Labute approximate surface area is 192 Å². The average Bonchev–Trinajstić information content (AvgIpc) is 2.83. The predicted molar refractivity (Wildman–Crippen MR) is 126 cm³/mol. The average molecular weight is 443 g/mol. The zero-order valence-corrected chi connectivity index (χ0v) is 18.6. The van der Waals surface area contributed by atoms with Crippen molar-refractivity contribution >= 4 is 17.6 Å². The second kappa shape index (κ2) is 8.67. The molecule has 1 aromatic heterocycles. The maximum absolute atomic E-state index is 13.0. The van der Waals surface area contributed by atoms with E-state index in [1.54, 1.807) is 6.20 Å². The number of piperazine rings is 1.